The van der Waals surface area contributed by atoms with E-state index in [0.29, 0.717) is 6.42 Å². The summed E-state index contributed by atoms with van der Waals surface area (Å²) in [5.41, 5.74) is -0.644. The molecule has 0 aliphatic rings. The van der Waals surface area contributed by atoms with Crippen molar-refractivity contribution < 1.29 is 5.11 Å². The lowest BCUT2D eigenvalue weighted by atomic mass is 10.5. The van der Waals surface area contributed by atoms with Crippen LogP contribution in [0.3, 0.4) is 0 Å². The highest BCUT2D eigenvalue weighted by molar-refractivity contribution is 6.19. The van der Waals surface area contributed by atoms with Gasteiger partial charge in [-0.2, -0.15) is 0 Å². The summed E-state index contributed by atoms with van der Waals surface area (Å²) >= 11 is 5.02. The summed E-state index contributed by atoms with van der Waals surface area (Å²) in [5.74, 6) is 0. The number of alkyl halides is 1. The predicted octanol–water partition coefficient (Wildman–Crippen LogP) is 1.44. The number of aliphatic hydroxyl groups is 1. The first kappa shape index (κ1) is 24.2. The highest BCUT2D eigenvalue weighted by atomic mass is 35.5. The van der Waals surface area contributed by atoms with Crippen LogP contribution >= 0.6 is 11.6 Å². The van der Waals surface area contributed by atoms with Gasteiger partial charge in [0.15, 0.2) is 0 Å². The molecule has 0 aliphatic heterocycles. The summed E-state index contributed by atoms with van der Waals surface area (Å²) in [5, 5.41) is 8.13. The third kappa shape index (κ3) is 35.6. The first-order valence-corrected chi connectivity index (χ1v) is 2.03. The zero-order valence-corrected chi connectivity index (χ0v) is 5.99. The van der Waals surface area contributed by atoms with Crippen LogP contribution in [0.1, 0.15) is 13.3 Å². The van der Waals surface area contributed by atoms with Crippen LogP contribution in [0, 0.1) is 0 Å². The van der Waals surface area contributed by atoms with E-state index >= 15 is 0 Å². The number of halogens is 1. The van der Waals surface area contributed by atoms with Crippen molar-refractivity contribution in [2.45, 2.75) is 18.9 Å². The second-order valence-corrected chi connectivity index (χ2v) is 1.35. The molecule has 0 rings (SSSR count). The third-order valence-electron chi connectivity index (χ3n) is 0.337. The Hall–Kier alpha value is 0.130. The maximum atomic E-state index is 8.13. The van der Waals surface area contributed by atoms with E-state index in [9.17, 15) is 0 Å². The lowest BCUT2D eigenvalue weighted by molar-refractivity contribution is 0.252. The Morgan fingerprint density at radius 2 is 1.50 bits per heavy atom. The molecule has 4 nitrogen and oxygen atoms in total. The largest absolute Gasteiger partial charge is 0.378 e. The molecule has 0 fully saturated rings. The smallest absolute Gasteiger partial charge is 0.127 e. The average molecular weight is 146 g/mol. The minimum absolute atomic E-state index is 0. The number of rotatable bonds is 1. The molecule has 0 heterocycles. The molecule has 56 valence electrons. The number of hydrogen-bond acceptors (Lipinski definition) is 4. The summed E-state index contributed by atoms with van der Waals surface area (Å²) in [6.07, 6.45) is 0.627. The molecule has 1 atom stereocenters. The van der Waals surface area contributed by atoms with Crippen LogP contribution in [0.2, 0.25) is 0 Å². The van der Waals surface area contributed by atoms with Crippen LogP contribution in [-0.4, -0.2) is 10.7 Å². The Bertz CT molecular complexity index is 28.5. The van der Waals surface area contributed by atoms with Gasteiger partial charge < -0.3 is 23.6 Å². The van der Waals surface area contributed by atoms with Crippen molar-refractivity contribution in [3.05, 3.63) is 0 Å². The molecular formula is C3H16ClN3O. The second-order valence-electron chi connectivity index (χ2n) is 0.843. The monoisotopic (exact) mass is 145 g/mol. The minimum atomic E-state index is -0.644. The van der Waals surface area contributed by atoms with E-state index in [1.807, 2.05) is 6.92 Å². The van der Waals surface area contributed by atoms with Gasteiger partial charge in [-0.1, -0.05) is 18.5 Å². The standard InChI is InChI=1S/C3H7ClO.3H3N/c1-2-3(4)5;;;/h3,5H,2H2,1H3;3*1H3. The van der Waals surface area contributed by atoms with Crippen molar-refractivity contribution >= 4 is 11.6 Å². The van der Waals surface area contributed by atoms with Gasteiger partial charge in [-0.3, -0.25) is 0 Å². The molecule has 0 aromatic rings. The fraction of sp³-hybridized carbons (Fsp3) is 1.00. The zero-order valence-electron chi connectivity index (χ0n) is 5.23. The summed E-state index contributed by atoms with van der Waals surface area (Å²) in [6.45, 7) is 1.82. The van der Waals surface area contributed by atoms with Crippen molar-refractivity contribution in [3.63, 3.8) is 0 Å². The molecule has 0 saturated carbocycles. The molecule has 0 bridgehead atoms. The second kappa shape index (κ2) is 15.7. The number of hydrogen-bond donors (Lipinski definition) is 4. The van der Waals surface area contributed by atoms with Crippen LogP contribution in [-0.2, 0) is 0 Å². The molecule has 0 aromatic carbocycles. The average Bonchev–Trinajstić information content (AvgIpc) is 1.38. The quantitative estimate of drug-likeness (QED) is 0.417. The van der Waals surface area contributed by atoms with Crippen molar-refractivity contribution in [2.75, 3.05) is 0 Å². The van der Waals surface area contributed by atoms with Gasteiger partial charge in [-0.15, -0.1) is 0 Å². The molecule has 0 radical (unpaired) electrons. The van der Waals surface area contributed by atoms with Crippen LogP contribution < -0.4 is 18.5 Å². The van der Waals surface area contributed by atoms with Crippen LogP contribution in [0.15, 0.2) is 0 Å². The predicted molar refractivity (Wildman–Crippen MR) is 37.2 cm³/mol. The fourth-order valence-electron chi connectivity index (χ4n) is 0. The van der Waals surface area contributed by atoms with E-state index < -0.39 is 5.56 Å². The molecule has 0 aromatic heterocycles. The molecule has 0 amide bonds. The van der Waals surface area contributed by atoms with Gasteiger partial charge in [0.05, 0.1) is 0 Å². The van der Waals surface area contributed by atoms with E-state index in [2.05, 4.69) is 0 Å². The Labute approximate surface area is 55.0 Å². The van der Waals surface area contributed by atoms with Crippen LogP contribution in [0.25, 0.3) is 0 Å². The zero-order chi connectivity index (χ0) is 4.28. The summed E-state index contributed by atoms with van der Waals surface area (Å²) < 4.78 is 0. The SMILES string of the molecule is CCC(O)Cl.N.N.N. The lowest BCUT2D eigenvalue weighted by Gasteiger charge is -1.87. The Morgan fingerprint density at radius 3 is 1.50 bits per heavy atom. The highest BCUT2D eigenvalue weighted by Crippen LogP contribution is 1.91. The first-order chi connectivity index (χ1) is 2.27. The van der Waals surface area contributed by atoms with Crippen molar-refractivity contribution in [2.24, 2.45) is 0 Å². The molecule has 0 aliphatic carbocycles. The summed E-state index contributed by atoms with van der Waals surface area (Å²) in [6, 6.07) is 0. The Morgan fingerprint density at radius 1 is 1.38 bits per heavy atom. The lowest BCUT2D eigenvalue weighted by Crippen LogP contribution is -1.88. The van der Waals surface area contributed by atoms with Gasteiger partial charge in [0.2, 0.25) is 0 Å². The fourth-order valence-corrected chi connectivity index (χ4v) is 0. The molecule has 0 saturated heterocycles. The Kier molecular flexibility index (Phi) is 47.6. The normalized spacial score (nSPS) is 9.38. The topological polar surface area (TPSA) is 125 Å². The van der Waals surface area contributed by atoms with Gasteiger partial charge in [0.25, 0.3) is 0 Å². The van der Waals surface area contributed by atoms with Gasteiger partial charge in [-0.25, -0.2) is 0 Å². The maximum Gasteiger partial charge on any atom is 0.127 e. The molecule has 5 heteroatoms. The minimum Gasteiger partial charge on any atom is -0.378 e. The Balaban J connectivity index is -0.0000000267. The van der Waals surface area contributed by atoms with Gasteiger partial charge in [-0.05, 0) is 6.42 Å². The highest BCUT2D eigenvalue weighted by Gasteiger charge is 1.85. The van der Waals surface area contributed by atoms with E-state index in [0.717, 1.165) is 0 Å². The third-order valence-corrected chi connectivity index (χ3v) is 0.645. The number of aliphatic hydroxyl groups excluding tert-OH is 1. The first-order valence-electron chi connectivity index (χ1n) is 1.59. The van der Waals surface area contributed by atoms with E-state index in [-0.39, 0.29) is 18.5 Å². The maximum absolute atomic E-state index is 8.13. The van der Waals surface area contributed by atoms with Gasteiger partial charge >= 0.3 is 0 Å². The summed E-state index contributed by atoms with van der Waals surface area (Å²) in [4.78, 5) is 0. The van der Waals surface area contributed by atoms with Gasteiger partial charge in [0.1, 0.15) is 5.56 Å². The van der Waals surface area contributed by atoms with Gasteiger partial charge in [0, 0.05) is 0 Å². The summed E-state index contributed by atoms with van der Waals surface area (Å²) in [7, 11) is 0. The van der Waals surface area contributed by atoms with Crippen molar-refractivity contribution in [1.29, 1.82) is 0 Å². The van der Waals surface area contributed by atoms with E-state index in [1.54, 1.807) is 0 Å². The molecule has 8 heavy (non-hydrogen) atoms. The molecule has 0 spiro atoms. The van der Waals surface area contributed by atoms with E-state index in [1.165, 1.54) is 0 Å². The molecular weight excluding hydrogens is 130 g/mol. The molecule has 1 unspecified atom stereocenters. The van der Waals surface area contributed by atoms with Crippen molar-refractivity contribution in [3.8, 4) is 0 Å². The van der Waals surface area contributed by atoms with Crippen LogP contribution in [0.4, 0.5) is 0 Å². The molecule has 10 N–H and O–H groups in total. The van der Waals surface area contributed by atoms with E-state index in [4.69, 9.17) is 16.7 Å². The van der Waals surface area contributed by atoms with Crippen LogP contribution in [0.5, 0.6) is 0 Å². The van der Waals surface area contributed by atoms with Crippen molar-refractivity contribution in [1.82, 2.24) is 18.5 Å².